The molecule has 0 unspecified atom stereocenters. The van der Waals surface area contributed by atoms with Gasteiger partial charge >= 0.3 is 5.97 Å². The van der Waals surface area contributed by atoms with Crippen molar-refractivity contribution in [3.05, 3.63) is 17.8 Å². The average molecular weight is 198 g/mol. The van der Waals surface area contributed by atoms with Crippen molar-refractivity contribution in [1.29, 1.82) is 0 Å². The largest absolute Gasteiger partial charge is 0.481 e. The van der Waals surface area contributed by atoms with Gasteiger partial charge in [-0.25, -0.2) is 4.98 Å². The van der Waals surface area contributed by atoms with Gasteiger partial charge in [-0.1, -0.05) is 0 Å². The Morgan fingerprint density at radius 1 is 1.64 bits per heavy atom. The van der Waals surface area contributed by atoms with E-state index in [2.05, 4.69) is 4.98 Å². The highest BCUT2D eigenvalue weighted by molar-refractivity contribution is 5.69. The summed E-state index contributed by atoms with van der Waals surface area (Å²) in [5, 5.41) is 8.50. The first-order valence-corrected chi connectivity index (χ1v) is 4.37. The Morgan fingerprint density at radius 3 is 2.93 bits per heavy atom. The summed E-state index contributed by atoms with van der Waals surface area (Å²) in [6.45, 7) is 0.840. The van der Waals surface area contributed by atoms with Crippen LogP contribution in [0.15, 0.2) is 10.7 Å². The Kier molecular flexibility index (Phi) is 3.64. The molecule has 78 valence electrons. The number of carbonyl (C=O) groups is 1. The topological polar surface area (TPSA) is 66.6 Å². The second kappa shape index (κ2) is 4.76. The van der Waals surface area contributed by atoms with Crippen molar-refractivity contribution in [1.82, 2.24) is 9.88 Å². The van der Waals surface area contributed by atoms with E-state index in [1.54, 1.807) is 0 Å². The van der Waals surface area contributed by atoms with E-state index in [1.807, 2.05) is 19.0 Å². The maximum Gasteiger partial charge on any atom is 0.309 e. The van der Waals surface area contributed by atoms with Crippen LogP contribution in [-0.2, 0) is 17.6 Å². The third-order valence-electron chi connectivity index (χ3n) is 1.70. The van der Waals surface area contributed by atoms with Crippen LogP contribution in [0.25, 0.3) is 0 Å². The van der Waals surface area contributed by atoms with Crippen LogP contribution in [0.3, 0.4) is 0 Å². The number of hydrogen-bond donors (Lipinski definition) is 1. The molecular weight excluding hydrogens is 184 g/mol. The Morgan fingerprint density at radius 2 is 2.36 bits per heavy atom. The molecule has 0 saturated heterocycles. The molecule has 0 fully saturated rings. The van der Waals surface area contributed by atoms with Crippen molar-refractivity contribution in [2.75, 3.05) is 20.6 Å². The van der Waals surface area contributed by atoms with E-state index in [-0.39, 0.29) is 6.42 Å². The normalized spacial score (nSPS) is 10.8. The number of aromatic nitrogens is 1. The Labute approximate surface area is 82.4 Å². The fourth-order valence-electron chi connectivity index (χ4n) is 1.02. The lowest BCUT2D eigenvalue weighted by Crippen LogP contribution is -2.15. The molecule has 14 heavy (non-hydrogen) atoms. The van der Waals surface area contributed by atoms with E-state index in [1.165, 1.54) is 6.26 Å². The number of carboxylic acid groups (broad SMARTS) is 1. The number of carboxylic acids is 1. The van der Waals surface area contributed by atoms with Gasteiger partial charge in [0.2, 0.25) is 0 Å². The molecule has 0 aliphatic heterocycles. The lowest BCUT2D eigenvalue weighted by molar-refractivity contribution is -0.136. The number of aliphatic carboxylic acids is 1. The van der Waals surface area contributed by atoms with Crippen molar-refractivity contribution >= 4 is 5.97 Å². The van der Waals surface area contributed by atoms with E-state index in [0.29, 0.717) is 18.0 Å². The number of rotatable bonds is 5. The number of likely N-dealkylation sites (N-methyl/N-ethyl adjacent to an activating group) is 1. The van der Waals surface area contributed by atoms with Crippen molar-refractivity contribution in [2.45, 2.75) is 12.8 Å². The molecule has 1 N–H and O–H groups in total. The van der Waals surface area contributed by atoms with Crippen LogP contribution in [0.2, 0.25) is 0 Å². The van der Waals surface area contributed by atoms with E-state index in [4.69, 9.17) is 9.52 Å². The van der Waals surface area contributed by atoms with Crippen LogP contribution in [-0.4, -0.2) is 41.6 Å². The predicted octanol–water partition coefficient (Wildman–Crippen LogP) is 0.406. The SMILES string of the molecule is CN(C)CCc1nc(CC(=O)O)co1. The standard InChI is InChI=1S/C9H14N2O3/c1-11(2)4-3-8-10-7(6-14-8)5-9(12)13/h6H,3-5H2,1-2H3,(H,12,13). The maximum absolute atomic E-state index is 10.4. The minimum atomic E-state index is -0.891. The second-order valence-corrected chi connectivity index (χ2v) is 3.36. The van der Waals surface area contributed by atoms with Gasteiger partial charge in [-0.15, -0.1) is 0 Å². The summed E-state index contributed by atoms with van der Waals surface area (Å²) < 4.78 is 5.11. The molecule has 5 heteroatoms. The van der Waals surface area contributed by atoms with E-state index in [9.17, 15) is 4.79 Å². The fourth-order valence-corrected chi connectivity index (χ4v) is 1.02. The minimum Gasteiger partial charge on any atom is -0.481 e. The van der Waals surface area contributed by atoms with E-state index < -0.39 is 5.97 Å². The summed E-state index contributed by atoms with van der Waals surface area (Å²) in [6.07, 6.45) is 2.02. The highest BCUT2D eigenvalue weighted by Gasteiger charge is 2.07. The summed E-state index contributed by atoms with van der Waals surface area (Å²) in [7, 11) is 3.92. The van der Waals surface area contributed by atoms with Crippen molar-refractivity contribution < 1.29 is 14.3 Å². The Bertz CT molecular complexity index is 307. The zero-order valence-corrected chi connectivity index (χ0v) is 8.36. The van der Waals surface area contributed by atoms with Gasteiger partial charge in [0.25, 0.3) is 0 Å². The zero-order valence-electron chi connectivity index (χ0n) is 8.36. The molecule has 0 saturated carbocycles. The van der Waals surface area contributed by atoms with Crippen molar-refractivity contribution in [3.63, 3.8) is 0 Å². The van der Waals surface area contributed by atoms with Crippen LogP contribution in [0.5, 0.6) is 0 Å². The lowest BCUT2D eigenvalue weighted by atomic mass is 10.3. The molecule has 0 bridgehead atoms. The minimum absolute atomic E-state index is 0.0779. The number of nitrogens with zero attached hydrogens (tertiary/aromatic N) is 2. The number of hydrogen-bond acceptors (Lipinski definition) is 4. The summed E-state index contributed by atoms with van der Waals surface area (Å²) in [5.74, 6) is -0.299. The average Bonchev–Trinajstić information content (AvgIpc) is 2.47. The predicted molar refractivity (Wildman–Crippen MR) is 50.1 cm³/mol. The lowest BCUT2D eigenvalue weighted by Gasteiger charge is -2.05. The van der Waals surface area contributed by atoms with Gasteiger partial charge in [-0.05, 0) is 14.1 Å². The van der Waals surface area contributed by atoms with Crippen LogP contribution in [0, 0.1) is 0 Å². The Balaban J connectivity index is 2.46. The van der Waals surface area contributed by atoms with Gasteiger partial charge in [-0.3, -0.25) is 4.79 Å². The summed E-state index contributed by atoms with van der Waals surface area (Å²) in [4.78, 5) is 16.4. The van der Waals surface area contributed by atoms with Crippen molar-refractivity contribution in [2.24, 2.45) is 0 Å². The summed E-state index contributed by atoms with van der Waals surface area (Å²) >= 11 is 0. The van der Waals surface area contributed by atoms with Gasteiger partial charge in [0, 0.05) is 13.0 Å². The van der Waals surface area contributed by atoms with Crippen LogP contribution in [0.1, 0.15) is 11.6 Å². The zero-order chi connectivity index (χ0) is 10.6. The smallest absolute Gasteiger partial charge is 0.309 e. The molecule has 0 aromatic carbocycles. The van der Waals surface area contributed by atoms with E-state index in [0.717, 1.165) is 6.54 Å². The van der Waals surface area contributed by atoms with Gasteiger partial charge in [0.1, 0.15) is 6.26 Å². The van der Waals surface area contributed by atoms with E-state index >= 15 is 0 Å². The first-order valence-electron chi connectivity index (χ1n) is 4.37. The fraction of sp³-hybridized carbons (Fsp3) is 0.556. The first kappa shape index (κ1) is 10.7. The molecule has 0 aliphatic carbocycles. The number of oxazole rings is 1. The third-order valence-corrected chi connectivity index (χ3v) is 1.70. The van der Waals surface area contributed by atoms with Gasteiger partial charge in [0.15, 0.2) is 5.89 Å². The molecule has 1 heterocycles. The molecule has 1 aromatic heterocycles. The Hall–Kier alpha value is -1.36. The molecule has 0 radical (unpaired) electrons. The van der Waals surface area contributed by atoms with Gasteiger partial charge in [-0.2, -0.15) is 0 Å². The highest BCUT2D eigenvalue weighted by Crippen LogP contribution is 2.03. The molecule has 0 aliphatic rings. The quantitative estimate of drug-likeness (QED) is 0.742. The molecule has 0 amide bonds. The van der Waals surface area contributed by atoms with Crippen LogP contribution < -0.4 is 0 Å². The van der Waals surface area contributed by atoms with Gasteiger partial charge in [0.05, 0.1) is 12.1 Å². The first-order chi connectivity index (χ1) is 6.58. The molecule has 1 aromatic rings. The summed E-state index contributed by atoms with van der Waals surface area (Å²) in [5.41, 5.74) is 0.478. The molecule has 0 atom stereocenters. The third kappa shape index (κ3) is 3.57. The van der Waals surface area contributed by atoms with Gasteiger partial charge < -0.3 is 14.4 Å². The molecule has 1 rings (SSSR count). The van der Waals surface area contributed by atoms with Crippen LogP contribution >= 0.6 is 0 Å². The van der Waals surface area contributed by atoms with Crippen LogP contribution in [0.4, 0.5) is 0 Å². The molecule has 5 nitrogen and oxygen atoms in total. The maximum atomic E-state index is 10.4. The summed E-state index contributed by atoms with van der Waals surface area (Å²) in [6, 6.07) is 0. The second-order valence-electron chi connectivity index (χ2n) is 3.36. The molecule has 0 spiro atoms. The highest BCUT2D eigenvalue weighted by atomic mass is 16.4. The van der Waals surface area contributed by atoms with Crippen molar-refractivity contribution in [3.8, 4) is 0 Å². The molecular formula is C9H14N2O3. The monoisotopic (exact) mass is 198 g/mol.